The van der Waals surface area contributed by atoms with Crippen LogP contribution in [0.1, 0.15) is 52.6 Å². The quantitative estimate of drug-likeness (QED) is 0.731. The molecule has 0 saturated heterocycles. The van der Waals surface area contributed by atoms with Crippen LogP contribution in [0.3, 0.4) is 0 Å². The van der Waals surface area contributed by atoms with Crippen molar-refractivity contribution in [2.45, 2.75) is 33.2 Å². The zero-order valence-corrected chi connectivity index (χ0v) is 16.5. The molecule has 1 aromatic carbocycles. The summed E-state index contributed by atoms with van der Waals surface area (Å²) in [6.45, 7) is 6.55. The van der Waals surface area contributed by atoms with Gasteiger partial charge in [-0.1, -0.05) is 26.0 Å². The summed E-state index contributed by atoms with van der Waals surface area (Å²) in [6.07, 6.45) is 1.74. The summed E-state index contributed by atoms with van der Waals surface area (Å²) in [6, 6.07) is 13.1. The van der Waals surface area contributed by atoms with Crippen LogP contribution in [0.2, 0.25) is 0 Å². The minimum absolute atomic E-state index is 0.0726. The van der Waals surface area contributed by atoms with Crippen molar-refractivity contribution < 1.29 is 4.79 Å². The van der Waals surface area contributed by atoms with Crippen LogP contribution in [0.5, 0.6) is 0 Å². The lowest BCUT2D eigenvalue weighted by Crippen LogP contribution is -2.26. The third-order valence-electron chi connectivity index (χ3n) is 4.72. The molecule has 0 spiro atoms. The molecular formula is C22H23N5O. The van der Waals surface area contributed by atoms with Gasteiger partial charge in [0, 0.05) is 41.7 Å². The van der Waals surface area contributed by atoms with E-state index in [0.717, 1.165) is 22.5 Å². The monoisotopic (exact) mass is 373 g/mol. The summed E-state index contributed by atoms with van der Waals surface area (Å²) in [4.78, 5) is 19.0. The molecule has 6 nitrogen and oxygen atoms in total. The van der Waals surface area contributed by atoms with Crippen LogP contribution in [-0.2, 0) is 6.54 Å². The molecule has 3 aromatic rings. The Balaban J connectivity index is 1.84. The number of aromatic amines is 1. The Morgan fingerprint density at radius 3 is 2.50 bits per heavy atom. The fourth-order valence-electron chi connectivity index (χ4n) is 2.96. The van der Waals surface area contributed by atoms with E-state index in [4.69, 9.17) is 0 Å². The summed E-state index contributed by atoms with van der Waals surface area (Å²) < 4.78 is 0. The number of carbonyl (C=O) groups excluding carboxylic acids is 1. The molecule has 0 aliphatic heterocycles. The van der Waals surface area contributed by atoms with E-state index in [0.29, 0.717) is 23.4 Å². The molecule has 1 N–H and O–H groups in total. The molecule has 0 saturated carbocycles. The molecule has 6 heteroatoms. The molecule has 0 bridgehead atoms. The van der Waals surface area contributed by atoms with E-state index in [1.165, 1.54) is 0 Å². The van der Waals surface area contributed by atoms with Crippen molar-refractivity contribution in [1.82, 2.24) is 20.1 Å². The average Bonchev–Trinajstić information content (AvgIpc) is 3.11. The van der Waals surface area contributed by atoms with Gasteiger partial charge in [0.2, 0.25) is 0 Å². The van der Waals surface area contributed by atoms with Gasteiger partial charge >= 0.3 is 0 Å². The van der Waals surface area contributed by atoms with Gasteiger partial charge in [-0.25, -0.2) is 0 Å². The summed E-state index contributed by atoms with van der Waals surface area (Å²) in [5.41, 5.74) is 5.46. The molecule has 0 fully saturated rings. The van der Waals surface area contributed by atoms with Crippen LogP contribution in [0.25, 0.3) is 11.3 Å². The zero-order valence-electron chi connectivity index (χ0n) is 16.5. The van der Waals surface area contributed by atoms with Crippen molar-refractivity contribution in [1.29, 1.82) is 5.26 Å². The Morgan fingerprint density at radius 1 is 1.21 bits per heavy atom. The molecule has 0 radical (unpaired) electrons. The molecule has 0 aliphatic carbocycles. The van der Waals surface area contributed by atoms with Crippen LogP contribution in [-0.4, -0.2) is 33.0 Å². The van der Waals surface area contributed by atoms with Crippen molar-refractivity contribution >= 4 is 5.91 Å². The highest BCUT2D eigenvalue weighted by molar-refractivity contribution is 5.94. The Morgan fingerprint density at radius 2 is 1.93 bits per heavy atom. The predicted octanol–water partition coefficient (Wildman–Crippen LogP) is 4.05. The molecule has 2 heterocycles. The molecule has 0 aliphatic rings. The van der Waals surface area contributed by atoms with Crippen LogP contribution in [0.15, 0.2) is 42.6 Å². The largest absolute Gasteiger partial charge is 0.337 e. The number of carbonyl (C=O) groups is 1. The number of H-pyrrole nitrogens is 1. The molecule has 2 aromatic heterocycles. The van der Waals surface area contributed by atoms with E-state index in [1.54, 1.807) is 36.3 Å². The number of aryl methyl sites for hydroxylation is 1. The van der Waals surface area contributed by atoms with Gasteiger partial charge in [0.05, 0.1) is 17.5 Å². The fourth-order valence-corrected chi connectivity index (χ4v) is 2.96. The highest BCUT2D eigenvalue weighted by Crippen LogP contribution is 2.25. The van der Waals surface area contributed by atoms with Crippen molar-refractivity contribution in [2.24, 2.45) is 0 Å². The molecule has 1 amide bonds. The van der Waals surface area contributed by atoms with Gasteiger partial charge in [-0.2, -0.15) is 10.4 Å². The summed E-state index contributed by atoms with van der Waals surface area (Å²) in [5, 5.41) is 16.3. The average molecular weight is 373 g/mol. The van der Waals surface area contributed by atoms with Crippen LogP contribution < -0.4 is 0 Å². The van der Waals surface area contributed by atoms with Gasteiger partial charge in [0.25, 0.3) is 5.91 Å². The van der Waals surface area contributed by atoms with E-state index in [2.05, 4.69) is 35.1 Å². The van der Waals surface area contributed by atoms with Gasteiger partial charge in [-0.3, -0.25) is 14.9 Å². The smallest absolute Gasteiger partial charge is 0.253 e. The molecule has 3 rings (SSSR count). The first-order valence-corrected chi connectivity index (χ1v) is 9.16. The van der Waals surface area contributed by atoms with E-state index in [9.17, 15) is 10.1 Å². The van der Waals surface area contributed by atoms with E-state index < -0.39 is 0 Å². The fraction of sp³-hybridized carbons (Fsp3) is 0.273. The normalized spacial score (nSPS) is 10.7. The number of nitrogens with zero attached hydrogens (tertiary/aromatic N) is 4. The highest BCUT2D eigenvalue weighted by atomic mass is 16.2. The van der Waals surface area contributed by atoms with E-state index >= 15 is 0 Å². The first-order valence-electron chi connectivity index (χ1n) is 9.16. The first kappa shape index (κ1) is 19.3. The van der Waals surface area contributed by atoms with Gasteiger partial charge in [0.15, 0.2) is 0 Å². The summed E-state index contributed by atoms with van der Waals surface area (Å²) in [7, 11) is 1.77. The number of hydrogen-bond acceptors (Lipinski definition) is 4. The molecular weight excluding hydrogens is 350 g/mol. The van der Waals surface area contributed by atoms with Gasteiger partial charge in [-0.15, -0.1) is 0 Å². The predicted molar refractivity (Wildman–Crippen MR) is 108 cm³/mol. The number of nitrogens with one attached hydrogen (secondary N) is 1. The number of hydrogen-bond donors (Lipinski definition) is 1. The van der Waals surface area contributed by atoms with Gasteiger partial charge in [-0.05, 0) is 37.1 Å². The topological polar surface area (TPSA) is 85.7 Å². The minimum Gasteiger partial charge on any atom is -0.337 e. The van der Waals surface area contributed by atoms with Gasteiger partial charge < -0.3 is 4.90 Å². The van der Waals surface area contributed by atoms with Crippen molar-refractivity contribution in [3.8, 4) is 17.3 Å². The SMILES string of the molecule is Cc1[nH]ncc1CN(C)C(=O)c1ccc(-c2nc(C(C)C)ccc2C#N)cc1. The lowest BCUT2D eigenvalue weighted by atomic mass is 10.0. The van der Waals surface area contributed by atoms with Crippen LogP contribution in [0.4, 0.5) is 0 Å². The van der Waals surface area contributed by atoms with Crippen molar-refractivity contribution in [3.63, 3.8) is 0 Å². The number of benzene rings is 1. The zero-order chi connectivity index (χ0) is 20.3. The lowest BCUT2D eigenvalue weighted by molar-refractivity contribution is 0.0785. The van der Waals surface area contributed by atoms with E-state index in [1.807, 2.05) is 25.1 Å². The number of nitriles is 1. The second kappa shape index (κ2) is 8.05. The number of amides is 1. The second-order valence-corrected chi connectivity index (χ2v) is 7.16. The summed E-state index contributed by atoms with van der Waals surface area (Å²) >= 11 is 0. The van der Waals surface area contributed by atoms with Gasteiger partial charge in [0.1, 0.15) is 6.07 Å². The maximum Gasteiger partial charge on any atom is 0.253 e. The number of rotatable bonds is 5. The second-order valence-electron chi connectivity index (χ2n) is 7.16. The Hall–Kier alpha value is -3.46. The molecule has 142 valence electrons. The van der Waals surface area contributed by atoms with Crippen molar-refractivity contribution in [2.75, 3.05) is 7.05 Å². The van der Waals surface area contributed by atoms with Crippen LogP contribution >= 0.6 is 0 Å². The Bertz CT molecular complexity index is 1030. The minimum atomic E-state index is -0.0726. The molecule has 0 unspecified atom stereocenters. The third-order valence-corrected chi connectivity index (χ3v) is 4.72. The Kier molecular flexibility index (Phi) is 5.55. The highest BCUT2D eigenvalue weighted by Gasteiger charge is 2.15. The van der Waals surface area contributed by atoms with E-state index in [-0.39, 0.29) is 11.8 Å². The third kappa shape index (κ3) is 3.94. The standard InChI is InChI=1S/C22H23N5O/c1-14(2)20-10-9-18(11-23)21(25-20)16-5-7-17(8-6-16)22(28)27(4)13-19-12-24-26-15(19)3/h5-10,12,14H,13H2,1-4H3,(H,24,26). The lowest BCUT2D eigenvalue weighted by Gasteiger charge is -2.17. The van der Waals surface area contributed by atoms with Crippen LogP contribution in [0, 0.1) is 18.3 Å². The maximum atomic E-state index is 12.7. The molecule has 28 heavy (non-hydrogen) atoms. The Labute approximate surface area is 164 Å². The van der Waals surface area contributed by atoms with Crippen molar-refractivity contribution in [3.05, 3.63) is 70.7 Å². The maximum absolute atomic E-state index is 12.7. The number of pyridine rings is 1. The first-order chi connectivity index (χ1) is 13.4. The molecule has 0 atom stereocenters. The number of aromatic nitrogens is 3. The summed E-state index contributed by atoms with van der Waals surface area (Å²) in [5.74, 6) is 0.198.